The summed E-state index contributed by atoms with van der Waals surface area (Å²) in [5, 5.41) is 9.07. The summed E-state index contributed by atoms with van der Waals surface area (Å²) in [5.41, 5.74) is 0.544. The van der Waals surface area contributed by atoms with E-state index in [1.165, 1.54) is 6.07 Å². The molecule has 0 spiro atoms. The molecule has 0 amide bonds. The lowest BCUT2D eigenvalue weighted by molar-refractivity contribution is 0.0690. The lowest BCUT2D eigenvalue weighted by atomic mass is 10.2. The molecule has 2 aromatic rings. The Bertz CT molecular complexity index is 642. The van der Waals surface area contributed by atoms with Gasteiger partial charge >= 0.3 is 5.97 Å². The van der Waals surface area contributed by atoms with Crippen LogP contribution in [0, 0.1) is 5.92 Å². The molecule has 0 aliphatic carbocycles. The first-order chi connectivity index (χ1) is 9.95. The van der Waals surface area contributed by atoms with Crippen molar-refractivity contribution in [3.63, 3.8) is 0 Å². The molecule has 1 aromatic heterocycles. The van der Waals surface area contributed by atoms with Gasteiger partial charge < -0.3 is 9.84 Å². The monoisotopic (exact) mass is 306 g/mol. The maximum atomic E-state index is 11.0. The maximum Gasteiger partial charge on any atom is 0.354 e. The van der Waals surface area contributed by atoms with Crippen molar-refractivity contribution in [2.45, 2.75) is 13.8 Å². The van der Waals surface area contributed by atoms with E-state index in [2.05, 4.69) is 23.8 Å². The molecule has 110 valence electrons. The van der Waals surface area contributed by atoms with E-state index in [0.29, 0.717) is 18.1 Å². The highest BCUT2D eigenvalue weighted by atomic mass is 35.5. The number of hydrogen-bond acceptors (Lipinski definition) is 4. The van der Waals surface area contributed by atoms with Gasteiger partial charge in [0.15, 0.2) is 11.5 Å². The zero-order valence-corrected chi connectivity index (χ0v) is 12.5. The van der Waals surface area contributed by atoms with E-state index in [1.54, 1.807) is 24.3 Å². The number of carbonyl (C=O) groups is 1. The summed E-state index contributed by atoms with van der Waals surface area (Å²) in [6.45, 7) is 4.78. The van der Waals surface area contributed by atoms with Gasteiger partial charge in [-0.2, -0.15) is 0 Å². The maximum absolute atomic E-state index is 11.0. The van der Waals surface area contributed by atoms with Crippen LogP contribution in [-0.2, 0) is 0 Å². The van der Waals surface area contributed by atoms with Gasteiger partial charge in [0, 0.05) is 11.6 Å². The third kappa shape index (κ3) is 4.16. The number of carboxylic acids is 1. The molecule has 0 saturated heterocycles. The zero-order valence-electron chi connectivity index (χ0n) is 11.7. The van der Waals surface area contributed by atoms with Crippen LogP contribution in [0.3, 0.4) is 0 Å². The Morgan fingerprint density at radius 2 is 1.95 bits per heavy atom. The smallest absolute Gasteiger partial charge is 0.354 e. The predicted molar refractivity (Wildman–Crippen MR) is 79.8 cm³/mol. The Kier molecular flexibility index (Phi) is 4.75. The van der Waals surface area contributed by atoms with Crippen LogP contribution >= 0.6 is 11.6 Å². The molecule has 21 heavy (non-hydrogen) atoms. The predicted octanol–water partition coefficient (Wildman–Crippen LogP) is 3.53. The van der Waals surface area contributed by atoms with Crippen molar-refractivity contribution in [3.8, 4) is 17.1 Å². The number of nitrogens with zero attached hydrogens (tertiary/aromatic N) is 2. The van der Waals surface area contributed by atoms with Crippen LogP contribution in [-0.4, -0.2) is 27.7 Å². The summed E-state index contributed by atoms with van der Waals surface area (Å²) >= 11 is 5.82. The van der Waals surface area contributed by atoms with Crippen molar-refractivity contribution < 1.29 is 14.6 Å². The van der Waals surface area contributed by atoms with Gasteiger partial charge in [-0.25, -0.2) is 14.8 Å². The van der Waals surface area contributed by atoms with Crippen molar-refractivity contribution in [2.24, 2.45) is 5.92 Å². The largest absolute Gasteiger partial charge is 0.493 e. The molecule has 0 aliphatic heterocycles. The van der Waals surface area contributed by atoms with Crippen LogP contribution < -0.4 is 4.74 Å². The molecule has 6 heteroatoms. The Morgan fingerprint density at radius 3 is 2.52 bits per heavy atom. The van der Waals surface area contributed by atoms with Gasteiger partial charge in [0.05, 0.1) is 6.61 Å². The van der Waals surface area contributed by atoms with E-state index in [9.17, 15) is 4.79 Å². The molecule has 0 unspecified atom stereocenters. The van der Waals surface area contributed by atoms with E-state index < -0.39 is 5.97 Å². The van der Waals surface area contributed by atoms with E-state index in [-0.39, 0.29) is 16.7 Å². The molecule has 1 heterocycles. The Hall–Kier alpha value is -2.14. The van der Waals surface area contributed by atoms with Gasteiger partial charge in [0.25, 0.3) is 0 Å². The third-order valence-corrected chi connectivity index (χ3v) is 2.80. The summed E-state index contributed by atoms with van der Waals surface area (Å²) in [4.78, 5) is 19.0. The number of halogens is 1. The highest BCUT2D eigenvalue weighted by Gasteiger charge is 2.11. The van der Waals surface area contributed by atoms with Crippen molar-refractivity contribution in [1.29, 1.82) is 0 Å². The Morgan fingerprint density at radius 1 is 1.29 bits per heavy atom. The van der Waals surface area contributed by atoms with E-state index >= 15 is 0 Å². The minimum absolute atomic E-state index is 0.0949. The number of ether oxygens (including phenoxy) is 1. The molecule has 1 aromatic carbocycles. The Balaban J connectivity index is 2.24. The van der Waals surface area contributed by atoms with Crippen LogP contribution in [0.5, 0.6) is 5.75 Å². The average Bonchev–Trinajstić information content (AvgIpc) is 2.45. The van der Waals surface area contributed by atoms with E-state index in [0.717, 1.165) is 5.75 Å². The normalized spacial score (nSPS) is 10.7. The van der Waals surface area contributed by atoms with Gasteiger partial charge in [0.1, 0.15) is 10.9 Å². The summed E-state index contributed by atoms with van der Waals surface area (Å²) in [6, 6.07) is 8.35. The first kappa shape index (κ1) is 15.3. The summed E-state index contributed by atoms with van der Waals surface area (Å²) in [6.07, 6.45) is 0. The number of aromatic nitrogens is 2. The molecule has 5 nitrogen and oxygen atoms in total. The summed E-state index contributed by atoms with van der Waals surface area (Å²) in [7, 11) is 0. The molecule has 0 bridgehead atoms. The van der Waals surface area contributed by atoms with Crippen molar-refractivity contribution in [2.75, 3.05) is 6.61 Å². The second-order valence-electron chi connectivity index (χ2n) is 4.93. The molecule has 0 saturated carbocycles. The molecule has 0 atom stereocenters. The van der Waals surface area contributed by atoms with Crippen LogP contribution in [0.15, 0.2) is 30.3 Å². The number of rotatable bonds is 5. The van der Waals surface area contributed by atoms with Gasteiger partial charge in [-0.1, -0.05) is 25.4 Å². The van der Waals surface area contributed by atoms with Gasteiger partial charge in [-0.15, -0.1) is 0 Å². The highest BCUT2D eigenvalue weighted by Crippen LogP contribution is 2.21. The van der Waals surface area contributed by atoms with E-state index in [4.69, 9.17) is 21.4 Å². The molecular weight excluding hydrogens is 292 g/mol. The second kappa shape index (κ2) is 6.54. The van der Waals surface area contributed by atoms with Crippen LogP contribution in [0.4, 0.5) is 0 Å². The lowest BCUT2D eigenvalue weighted by Gasteiger charge is -2.09. The molecule has 1 N–H and O–H groups in total. The minimum atomic E-state index is -1.14. The quantitative estimate of drug-likeness (QED) is 0.855. The minimum Gasteiger partial charge on any atom is -0.493 e. The van der Waals surface area contributed by atoms with Gasteiger partial charge in [0.2, 0.25) is 0 Å². The Labute approximate surface area is 127 Å². The second-order valence-corrected chi connectivity index (χ2v) is 5.32. The van der Waals surface area contributed by atoms with Gasteiger partial charge in [-0.3, -0.25) is 0 Å². The summed E-state index contributed by atoms with van der Waals surface area (Å²) in [5.74, 6) is 0.319. The number of hydrogen-bond donors (Lipinski definition) is 1. The molecular formula is C15H15ClN2O3. The zero-order chi connectivity index (χ0) is 15.4. The average molecular weight is 307 g/mol. The van der Waals surface area contributed by atoms with E-state index in [1.807, 2.05) is 0 Å². The molecule has 0 fully saturated rings. The first-order valence-electron chi connectivity index (χ1n) is 6.47. The number of carboxylic acid groups (broad SMARTS) is 1. The molecule has 0 aliphatic rings. The van der Waals surface area contributed by atoms with Crippen molar-refractivity contribution >= 4 is 17.6 Å². The topological polar surface area (TPSA) is 72.3 Å². The number of benzene rings is 1. The number of aromatic carboxylic acids is 1. The first-order valence-corrected chi connectivity index (χ1v) is 6.84. The molecule has 2 rings (SSSR count). The fraction of sp³-hybridized carbons (Fsp3) is 0.267. The fourth-order valence-electron chi connectivity index (χ4n) is 1.62. The SMILES string of the molecule is CC(C)COc1ccc(-c2nc(Cl)cc(C(=O)O)n2)cc1. The third-order valence-electron chi connectivity index (χ3n) is 2.61. The summed E-state index contributed by atoms with van der Waals surface area (Å²) < 4.78 is 5.58. The molecule has 0 radical (unpaired) electrons. The van der Waals surface area contributed by atoms with Crippen molar-refractivity contribution in [1.82, 2.24) is 9.97 Å². The van der Waals surface area contributed by atoms with Crippen LogP contribution in [0.2, 0.25) is 5.15 Å². The van der Waals surface area contributed by atoms with Crippen LogP contribution in [0.25, 0.3) is 11.4 Å². The highest BCUT2D eigenvalue weighted by molar-refractivity contribution is 6.29. The fourth-order valence-corrected chi connectivity index (χ4v) is 1.80. The standard InChI is InChI=1S/C15H15ClN2O3/c1-9(2)8-21-11-5-3-10(4-6-11)14-17-12(15(19)20)7-13(16)18-14/h3-7,9H,8H2,1-2H3,(H,19,20). The van der Waals surface area contributed by atoms with Crippen molar-refractivity contribution in [3.05, 3.63) is 41.2 Å². The van der Waals surface area contributed by atoms with Gasteiger partial charge in [-0.05, 0) is 30.2 Å². The lowest BCUT2D eigenvalue weighted by Crippen LogP contribution is -2.04. The van der Waals surface area contributed by atoms with Crippen LogP contribution in [0.1, 0.15) is 24.3 Å².